The van der Waals surface area contributed by atoms with E-state index in [1.165, 1.54) is 10.7 Å². The van der Waals surface area contributed by atoms with Crippen LogP contribution in [-0.4, -0.2) is 15.7 Å². The summed E-state index contributed by atoms with van der Waals surface area (Å²) in [5, 5.41) is 6.68. The van der Waals surface area contributed by atoms with E-state index in [2.05, 4.69) is 10.4 Å². The fraction of sp³-hybridized carbons (Fsp3) is 0.214. The SMILES string of the molecule is Nc1cccc(NC(=O)CCCn2ncccc2=O)c1. The highest BCUT2D eigenvalue weighted by Gasteiger charge is 2.03. The zero-order chi connectivity index (χ0) is 14.4. The lowest BCUT2D eigenvalue weighted by Crippen LogP contribution is -2.22. The molecular formula is C14H16N4O2. The number of nitrogens with one attached hydrogen (secondary N) is 1. The van der Waals surface area contributed by atoms with Crippen molar-refractivity contribution in [2.45, 2.75) is 19.4 Å². The monoisotopic (exact) mass is 272 g/mol. The first kappa shape index (κ1) is 13.8. The average molecular weight is 272 g/mol. The summed E-state index contributed by atoms with van der Waals surface area (Å²) in [6, 6.07) is 10.0. The van der Waals surface area contributed by atoms with Crippen molar-refractivity contribution in [3.8, 4) is 0 Å². The van der Waals surface area contributed by atoms with Gasteiger partial charge in [0.15, 0.2) is 0 Å². The molecule has 0 aliphatic carbocycles. The molecule has 20 heavy (non-hydrogen) atoms. The molecule has 0 radical (unpaired) electrons. The Morgan fingerprint density at radius 1 is 1.30 bits per heavy atom. The van der Waals surface area contributed by atoms with Crippen LogP contribution in [0, 0.1) is 0 Å². The molecule has 0 aliphatic rings. The molecule has 3 N–H and O–H groups in total. The molecule has 0 atom stereocenters. The lowest BCUT2D eigenvalue weighted by Gasteiger charge is -2.06. The Labute approximate surface area is 116 Å². The molecule has 1 aromatic carbocycles. The number of carbonyl (C=O) groups excluding carboxylic acids is 1. The summed E-state index contributed by atoms with van der Waals surface area (Å²) in [7, 11) is 0. The van der Waals surface area contributed by atoms with E-state index in [1.54, 1.807) is 36.5 Å². The molecule has 6 heteroatoms. The molecule has 0 saturated carbocycles. The fourth-order valence-corrected chi connectivity index (χ4v) is 1.78. The van der Waals surface area contributed by atoms with Crippen molar-refractivity contribution in [3.63, 3.8) is 0 Å². The minimum atomic E-state index is -0.163. The normalized spacial score (nSPS) is 10.2. The summed E-state index contributed by atoms with van der Waals surface area (Å²) in [6.45, 7) is 0.421. The van der Waals surface area contributed by atoms with Crippen molar-refractivity contribution in [1.29, 1.82) is 0 Å². The van der Waals surface area contributed by atoms with Crippen molar-refractivity contribution in [1.82, 2.24) is 9.78 Å². The highest BCUT2D eigenvalue weighted by atomic mass is 16.1. The molecule has 0 spiro atoms. The van der Waals surface area contributed by atoms with E-state index in [4.69, 9.17) is 5.73 Å². The van der Waals surface area contributed by atoms with Gasteiger partial charge in [0.1, 0.15) is 0 Å². The number of aryl methyl sites for hydroxylation is 1. The van der Waals surface area contributed by atoms with Crippen LogP contribution in [0.4, 0.5) is 11.4 Å². The van der Waals surface area contributed by atoms with Crippen LogP contribution in [-0.2, 0) is 11.3 Å². The zero-order valence-electron chi connectivity index (χ0n) is 11.0. The summed E-state index contributed by atoms with van der Waals surface area (Å²) in [4.78, 5) is 23.1. The van der Waals surface area contributed by atoms with Crippen LogP contribution < -0.4 is 16.6 Å². The lowest BCUT2D eigenvalue weighted by atomic mass is 10.2. The van der Waals surface area contributed by atoms with E-state index in [9.17, 15) is 9.59 Å². The standard InChI is InChI=1S/C14H16N4O2/c15-11-4-1-5-12(10-11)17-13(19)6-3-9-18-14(20)7-2-8-16-18/h1-2,4-5,7-8,10H,3,6,9,15H2,(H,17,19). The zero-order valence-corrected chi connectivity index (χ0v) is 11.0. The quantitative estimate of drug-likeness (QED) is 0.801. The Kier molecular flexibility index (Phi) is 4.49. The van der Waals surface area contributed by atoms with Gasteiger partial charge >= 0.3 is 0 Å². The number of rotatable bonds is 5. The second-order valence-electron chi connectivity index (χ2n) is 4.36. The molecule has 0 saturated heterocycles. The van der Waals surface area contributed by atoms with Crippen LogP contribution in [0.2, 0.25) is 0 Å². The first-order chi connectivity index (χ1) is 9.65. The molecule has 1 heterocycles. The van der Waals surface area contributed by atoms with Gasteiger partial charge in [-0.05, 0) is 30.7 Å². The van der Waals surface area contributed by atoms with Gasteiger partial charge in [0.05, 0.1) is 0 Å². The minimum Gasteiger partial charge on any atom is -0.399 e. The fourth-order valence-electron chi connectivity index (χ4n) is 1.78. The third kappa shape index (κ3) is 3.94. The van der Waals surface area contributed by atoms with Gasteiger partial charge in [-0.2, -0.15) is 5.10 Å². The predicted molar refractivity (Wildman–Crippen MR) is 77.2 cm³/mol. The van der Waals surface area contributed by atoms with Gasteiger partial charge in [-0.25, -0.2) is 4.68 Å². The molecule has 104 valence electrons. The molecule has 0 aliphatic heterocycles. The molecule has 6 nitrogen and oxygen atoms in total. The van der Waals surface area contributed by atoms with Gasteiger partial charge in [0, 0.05) is 36.6 Å². The highest BCUT2D eigenvalue weighted by Crippen LogP contribution is 2.12. The van der Waals surface area contributed by atoms with Gasteiger partial charge in [-0.1, -0.05) is 6.07 Å². The molecule has 2 rings (SSSR count). The van der Waals surface area contributed by atoms with Crippen molar-refractivity contribution in [3.05, 3.63) is 52.9 Å². The van der Waals surface area contributed by atoms with E-state index >= 15 is 0 Å². The molecule has 1 aromatic heterocycles. The Morgan fingerprint density at radius 3 is 2.90 bits per heavy atom. The molecule has 0 bridgehead atoms. The molecular weight excluding hydrogens is 256 g/mol. The topological polar surface area (TPSA) is 90.0 Å². The molecule has 0 unspecified atom stereocenters. The number of benzene rings is 1. The van der Waals surface area contributed by atoms with Gasteiger partial charge < -0.3 is 11.1 Å². The molecule has 2 aromatic rings. The summed E-state index contributed by atoms with van der Waals surface area (Å²) >= 11 is 0. The van der Waals surface area contributed by atoms with E-state index < -0.39 is 0 Å². The number of nitrogens with two attached hydrogens (primary N) is 1. The minimum absolute atomic E-state index is 0.111. The number of hydrogen-bond donors (Lipinski definition) is 2. The maximum absolute atomic E-state index is 11.7. The van der Waals surface area contributed by atoms with E-state index in [0.29, 0.717) is 30.8 Å². The first-order valence-corrected chi connectivity index (χ1v) is 6.33. The van der Waals surface area contributed by atoms with Crippen molar-refractivity contribution in [2.24, 2.45) is 0 Å². The van der Waals surface area contributed by atoms with Crippen LogP contribution in [0.15, 0.2) is 47.4 Å². The molecule has 1 amide bonds. The van der Waals surface area contributed by atoms with Gasteiger partial charge in [0.2, 0.25) is 5.91 Å². The number of anilines is 2. The summed E-state index contributed by atoms with van der Waals surface area (Å²) in [5.41, 5.74) is 6.74. The second-order valence-corrected chi connectivity index (χ2v) is 4.36. The predicted octanol–water partition coefficient (Wildman–Crippen LogP) is 1.24. The van der Waals surface area contributed by atoms with Crippen LogP contribution in [0.3, 0.4) is 0 Å². The number of nitrogen functional groups attached to an aromatic ring is 1. The van der Waals surface area contributed by atoms with Crippen LogP contribution >= 0.6 is 0 Å². The van der Waals surface area contributed by atoms with Crippen LogP contribution in [0.25, 0.3) is 0 Å². The Bertz CT molecular complexity index is 651. The summed E-state index contributed by atoms with van der Waals surface area (Å²) in [5.74, 6) is -0.111. The second kappa shape index (κ2) is 6.51. The van der Waals surface area contributed by atoms with Crippen LogP contribution in [0.5, 0.6) is 0 Å². The first-order valence-electron chi connectivity index (χ1n) is 6.33. The number of hydrogen-bond acceptors (Lipinski definition) is 4. The Morgan fingerprint density at radius 2 is 2.15 bits per heavy atom. The Hall–Kier alpha value is -2.63. The Balaban J connectivity index is 1.81. The van der Waals surface area contributed by atoms with Gasteiger partial charge in [0.25, 0.3) is 5.56 Å². The summed E-state index contributed by atoms with van der Waals surface area (Å²) < 4.78 is 1.34. The smallest absolute Gasteiger partial charge is 0.266 e. The highest BCUT2D eigenvalue weighted by molar-refractivity contribution is 5.91. The average Bonchev–Trinajstić information content (AvgIpc) is 2.41. The summed E-state index contributed by atoms with van der Waals surface area (Å²) in [6.07, 6.45) is 2.41. The number of carbonyl (C=O) groups is 1. The largest absolute Gasteiger partial charge is 0.399 e. The number of aromatic nitrogens is 2. The van der Waals surface area contributed by atoms with E-state index in [-0.39, 0.29) is 11.5 Å². The van der Waals surface area contributed by atoms with E-state index in [0.717, 1.165) is 0 Å². The molecule has 0 fully saturated rings. The van der Waals surface area contributed by atoms with Crippen molar-refractivity contribution in [2.75, 3.05) is 11.1 Å². The third-order valence-corrected chi connectivity index (χ3v) is 2.73. The van der Waals surface area contributed by atoms with Gasteiger partial charge in [-0.3, -0.25) is 9.59 Å². The lowest BCUT2D eigenvalue weighted by molar-refractivity contribution is -0.116. The van der Waals surface area contributed by atoms with Gasteiger partial charge in [-0.15, -0.1) is 0 Å². The van der Waals surface area contributed by atoms with Crippen LogP contribution in [0.1, 0.15) is 12.8 Å². The number of amides is 1. The third-order valence-electron chi connectivity index (χ3n) is 2.73. The van der Waals surface area contributed by atoms with Crippen molar-refractivity contribution >= 4 is 17.3 Å². The van der Waals surface area contributed by atoms with E-state index in [1.807, 2.05) is 0 Å². The van der Waals surface area contributed by atoms with Crippen molar-refractivity contribution < 1.29 is 4.79 Å². The maximum atomic E-state index is 11.7. The maximum Gasteiger partial charge on any atom is 0.266 e. The number of nitrogens with zero attached hydrogens (tertiary/aromatic N) is 2.